The van der Waals surface area contributed by atoms with Gasteiger partial charge in [0.05, 0.1) is 6.54 Å². The molecule has 35 heavy (non-hydrogen) atoms. The van der Waals surface area contributed by atoms with Gasteiger partial charge in [-0.05, 0) is 37.5 Å². The molecule has 0 unspecified atom stereocenters. The van der Waals surface area contributed by atoms with Crippen LogP contribution in [0.15, 0.2) is 71.0 Å². The normalized spacial score (nSPS) is 16.8. The minimum absolute atomic E-state index is 0.412. The monoisotopic (exact) mass is 472 g/mol. The van der Waals surface area contributed by atoms with E-state index in [1.807, 2.05) is 48.5 Å². The average molecular weight is 473 g/mol. The fourth-order valence-electron chi connectivity index (χ4n) is 4.04. The van der Waals surface area contributed by atoms with Gasteiger partial charge in [0, 0.05) is 43.9 Å². The van der Waals surface area contributed by atoms with Gasteiger partial charge in [0.1, 0.15) is 23.2 Å². The molecule has 1 aromatic carbocycles. The number of allylic oxidation sites excluding steroid dienone is 2. The molecule has 4 N–H and O–H groups in total. The zero-order valence-corrected chi connectivity index (χ0v) is 20.1. The van der Waals surface area contributed by atoms with Crippen molar-refractivity contribution in [2.45, 2.75) is 19.4 Å². The van der Waals surface area contributed by atoms with Crippen molar-refractivity contribution in [3.63, 3.8) is 0 Å². The number of rotatable bonds is 9. The molecule has 3 aromatic rings. The maximum absolute atomic E-state index is 6.26. The van der Waals surface area contributed by atoms with E-state index in [9.17, 15) is 0 Å². The van der Waals surface area contributed by atoms with Crippen LogP contribution in [0.3, 0.4) is 0 Å². The van der Waals surface area contributed by atoms with E-state index < -0.39 is 0 Å². The van der Waals surface area contributed by atoms with Crippen LogP contribution in [0.25, 0.3) is 11.3 Å². The van der Waals surface area contributed by atoms with Gasteiger partial charge in [-0.3, -0.25) is 0 Å². The smallest absolute Gasteiger partial charge is 0.227 e. The molecule has 1 saturated carbocycles. The highest BCUT2D eigenvalue weighted by atomic mass is 16.5. The minimum Gasteiger partial charge on any atom is -0.385 e. The van der Waals surface area contributed by atoms with Gasteiger partial charge in [-0.2, -0.15) is 9.97 Å². The average Bonchev–Trinajstić information content (AvgIpc) is 3.61. The summed E-state index contributed by atoms with van der Waals surface area (Å²) in [5.41, 5.74) is 9.12. The van der Waals surface area contributed by atoms with E-state index in [2.05, 4.69) is 44.2 Å². The van der Waals surface area contributed by atoms with Crippen LogP contribution in [0.2, 0.25) is 0 Å². The number of hydrogen-bond donors (Lipinski definition) is 3. The molecule has 9 nitrogen and oxygen atoms in total. The first-order valence-electron chi connectivity index (χ1n) is 12.0. The third kappa shape index (κ3) is 5.99. The maximum Gasteiger partial charge on any atom is 0.227 e. The van der Waals surface area contributed by atoms with Gasteiger partial charge < -0.3 is 30.7 Å². The Kier molecular flexibility index (Phi) is 6.67. The Balaban J connectivity index is 1.32. The molecule has 182 valence electrons. The standard InChI is InChI=1S/C26H32N8O/c1-18(19-8-9-19)14-23(27)29-24-16-25(34-12-10-33(2)11-13-34)31-26(30-24)28-17-21-15-22(32-35-21)20-6-4-3-5-7-20/h3-7,14-16,19H,1,8-13,17,27H2,2H3,(H2,28,29,30,31)/b23-14+. The van der Waals surface area contributed by atoms with Crippen molar-refractivity contribution >= 4 is 17.6 Å². The summed E-state index contributed by atoms with van der Waals surface area (Å²) < 4.78 is 5.53. The van der Waals surface area contributed by atoms with Gasteiger partial charge in [-0.25, -0.2) is 0 Å². The van der Waals surface area contributed by atoms with Crippen molar-refractivity contribution in [1.29, 1.82) is 0 Å². The molecule has 0 bridgehead atoms. The van der Waals surface area contributed by atoms with Crippen molar-refractivity contribution < 1.29 is 4.52 Å². The summed E-state index contributed by atoms with van der Waals surface area (Å²) in [6.45, 7) is 8.32. The van der Waals surface area contributed by atoms with Gasteiger partial charge >= 0.3 is 0 Å². The van der Waals surface area contributed by atoms with E-state index in [4.69, 9.17) is 15.2 Å². The summed E-state index contributed by atoms with van der Waals surface area (Å²) in [6.07, 6.45) is 4.28. The largest absolute Gasteiger partial charge is 0.385 e. The van der Waals surface area contributed by atoms with E-state index >= 15 is 0 Å². The van der Waals surface area contributed by atoms with Gasteiger partial charge in [-0.15, -0.1) is 0 Å². The molecular formula is C26H32N8O. The van der Waals surface area contributed by atoms with Crippen LogP contribution in [0.4, 0.5) is 17.6 Å². The summed E-state index contributed by atoms with van der Waals surface area (Å²) in [5, 5.41) is 10.7. The Bertz CT molecular complexity index is 1190. The molecule has 1 saturated heterocycles. The lowest BCUT2D eigenvalue weighted by Gasteiger charge is -2.33. The van der Waals surface area contributed by atoms with Crippen molar-refractivity contribution in [2.75, 3.05) is 48.8 Å². The van der Waals surface area contributed by atoms with Crippen LogP contribution in [0.5, 0.6) is 0 Å². The second-order valence-corrected chi connectivity index (χ2v) is 9.20. The Labute approximate surface area is 205 Å². The second-order valence-electron chi connectivity index (χ2n) is 9.20. The summed E-state index contributed by atoms with van der Waals surface area (Å²) in [4.78, 5) is 14.0. The summed E-state index contributed by atoms with van der Waals surface area (Å²) in [5.74, 6) is 3.77. The molecule has 0 radical (unpaired) electrons. The first-order valence-corrected chi connectivity index (χ1v) is 12.0. The Morgan fingerprint density at radius 2 is 1.91 bits per heavy atom. The van der Waals surface area contributed by atoms with E-state index in [-0.39, 0.29) is 0 Å². The number of anilines is 3. The van der Waals surface area contributed by atoms with E-state index in [1.54, 1.807) is 0 Å². The number of nitrogens with two attached hydrogens (primary N) is 1. The van der Waals surface area contributed by atoms with Gasteiger partial charge in [0.25, 0.3) is 0 Å². The number of aromatic nitrogens is 3. The van der Waals surface area contributed by atoms with Crippen molar-refractivity contribution in [3.05, 3.63) is 72.3 Å². The van der Waals surface area contributed by atoms with Crippen LogP contribution >= 0.6 is 0 Å². The first kappa shape index (κ1) is 22.9. The minimum atomic E-state index is 0.412. The molecule has 2 aromatic heterocycles. The molecular weight excluding hydrogens is 440 g/mol. The van der Waals surface area contributed by atoms with Crippen molar-refractivity contribution in [2.24, 2.45) is 11.7 Å². The van der Waals surface area contributed by atoms with Crippen molar-refractivity contribution in [1.82, 2.24) is 20.0 Å². The Morgan fingerprint density at radius 3 is 2.66 bits per heavy atom. The summed E-state index contributed by atoms with van der Waals surface area (Å²) in [6, 6.07) is 13.8. The molecule has 9 heteroatoms. The topological polar surface area (TPSA) is 108 Å². The molecule has 1 aliphatic heterocycles. The lowest BCUT2D eigenvalue weighted by Crippen LogP contribution is -2.44. The van der Waals surface area contributed by atoms with E-state index in [0.29, 0.717) is 35.8 Å². The maximum atomic E-state index is 6.26. The fourth-order valence-corrected chi connectivity index (χ4v) is 4.04. The lowest BCUT2D eigenvalue weighted by molar-refractivity contribution is 0.312. The first-order chi connectivity index (χ1) is 17.0. The van der Waals surface area contributed by atoms with E-state index in [1.165, 1.54) is 12.8 Å². The number of nitrogens with one attached hydrogen (secondary N) is 2. The molecule has 0 amide bonds. The summed E-state index contributed by atoms with van der Waals surface area (Å²) in [7, 11) is 2.14. The van der Waals surface area contributed by atoms with Gasteiger partial charge in [-0.1, -0.05) is 42.1 Å². The molecule has 0 atom stereocenters. The number of piperazine rings is 1. The number of hydrogen-bond acceptors (Lipinski definition) is 9. The van der Waals surface area contributed by atoms with Crippen LogP contribution in [0.1, 0.15) is 18.6 Å². The van der Waals surface area contributed by atoms with Crippen LogP contribution < -0.4 is 21.3 Å². The molecule has 2 aliphatic rings. The van der Waals surface area contributed by atoms with Gasteiger partial charge in [0.2, 0.25) is 5.95 Å². The quantitative estimate of drug-likeness (QED) is 0.402. The molecule has 3 heterocycles. The second kappa shape index (κ2) is 10.2. The van der Waals surface area contributed by atoms with Gasteiger partial charge in [0.15, 0.2) is 5.76 Å². The fraction of sp³-hybridized carbons (Fsp3) is 0.346. The predicted octanol–water partition coefficient (Wildman–Crippen LogP) is 3.67. The zero-order chi connectivity index (χ0) is 24.2. The van der Waals surface area contributed by atoms with Crippen LogP contribution in [-0.2, 0) is 6.54 Å². The number of nitrogens with zero attached hydrogens (tertiary/aromatic N) is 5. The molecule has 0 spiro atoms. The highest BCUT2D eigenvalue weighted by Crippen LogP contribution is 2.36. The van der Waals surface area contributed by atoms with Crippen LogP contribution in [-0.4, -0.2) is 53.3 Å². The van der Waals surface area contributed by atoms with E-state index in [0.717, 1.165) is 48.8 Å². The summed E-state index contributed by atoms with van der Waals surface area (Å²) >= 11 is 0. The van der Waals surface area contributed by atoms with Crippen LogP contribution in [0, 0.1) is 5.92 Å². The Morgan fingerprint density at radius 1 is 1.14 bits per heavy atom. The number of benzene rings is 1. The third-order valence-corrected chi connectivity index (χ3v) is 6.30. The van der Waals surface area contributed by atoms with Crippen molar-refractivity contribution in [3.8, 4) is 11.3 Å². The lowest BCUT2D eigenvalue weighted by atomic mass is 10.1. The Hall–Kier alpha value is -3.85. The SMILES string of the molecule is C=C(/C=C(\N)Nc1cc(N2CCN(C)CC2)nc(NCc2cc(-c3ccccc3)no2)n1)C1CC1. The molecule has 5 rings (SSSR count). The number of likely N-dealkylation sites (N-methyl/N-ethyl adjacent to an activating group) is 1. The predicted molar refractivity (Wildman–Crippen MR) is 139 cm³/mol. The molecule has 2 fully saturated rings. The third-order valence-electron chi connectivity index (χ3n) is 6.30. The highest BCUT2D eigenvalue weighted by molar-refractivity contribution is 5.59. The molecule has 1 aliphatic carbocycles. The zero-order valence-electron chi connectivity index (χ0n) is 20.1. The highest BCUT2D eigenvalue weighted by Gasteiger charge is 2.23.